The first kappa shape index (κ1) is 10.2. The minimum absolute atomic E-state index is 0.165. The predicted molar refractivity (Wildman–Crippen MR) is 52.6 cm³/mol. The number of benzene rings is 1. The van der Waals surface area contributed by atoms with Crippen molar-refractivity contribution in [2.24, 2.45) is 0 Å². The summed E-state index contributed by atoms with van der Waals surface area (Å²) >= 11 is 11.4. The molecule has 0 unspecified atom stereocenters. The number of anilines is 1. The summed E-state index contributed by atoms with van der Waals surface area (Å²) in [6, 6.07) is 4.82. The van der Waals surface area contributed by atoms with Crippen LogP contribution in [0.3, 0.4) is 0 Å². The Labute approximate surface area is 85.3 Å². The average Bonchev–Trinajstić information content (AvgIpc) is 2.02. The van der Waals surface area contributed by atoms with E-state index >= 15 is 0 Å². The highest BCUT2D eigenvalue weighted by Gasteiger charge is 2.02. The van der Waals surface area contributed by atoms with Gasteiger partial charge >= 0.3 is 5.97 Å². The molecule has 0 aliphatic carbocycles. The third-order valence-electron chi connectivity index (χ3n) is 1.36. The Morgan fingerprint density at radius 1 is 1.46 bits per heavy atom. The zero-order valence-electron chi connectivity index (χ0n) is 6.55. The van der Waals surface area contributed by atoms with Gasteiger partial charge in [0.25, 0.3) is 0 Å². The van der Waals surface area contributed by atoms with E-state index in [4.69, 9.17) is 28.3 Å². The van der Waals surface area contributed by atoms with Gasteiger partial charge in [-0.3, -0.25) is 4.79 Å². The fraction of sp³-hybridized carbons (Fsp3) is 0.125. The SMILES string of the molecule is O=C(O)CNc1ccc(Cl)cc1Cl. The Hall–Kier alpha value is -0.930. The number of rotatable bonds is 3. The highest BCUT2D eigenvalue weighted by molar-refractivity contribution is 6.36. The molecule has 2 N–H and O–H groups in total. The number of halogens is 2. The molecule has 13 heavy (non-hydrogen) atoms. The highest BCUT2D eigenvalue weighted by Crippen LogP contribution is 2.24. The van der Waals surface area contributed by atoms with Gasteiger partial charge < -0.3 is 10.4 Å². The molecule has 5 heteroatoms. The van der Waals surface area contributed by atoms with Crippen molar-refractivity contribution in [3.8, 4) is 0 Å². The number of hydrogen-bond acceptors (Lipinski definition) is 2. The summed E-state index contributed by atoms with van der Waals surface area (Å²) in [6.45, 7) is -0.165. The summed E-state index contributed by atoms with van der Waals surface area (Å²) in [5.74, 6) is -0.939. The number of nitrogens with one attached hydrogen (secondary N) is 1. The van der Waals surface area contributed by atoms with Crippen LogP contribution < -0.4 is 5.32 Å². The van der Waals surface area contributed by atoms with Gasteiger partial charge in [0.1, 0.15) is 6.54 Å². The van der Waals surface area contributed by atoms with Crippen molar-refractivity contribution in [3.63, 3.8) is 0 Å². The van der Waals surface area contributed by atoms with Crippen LogP contribution in [0.15, 0.2) is 18.2 Å². The molecule has 0 saturated heterocycles. The summed E-state index contributed by atoms with van der Waals surface area (Å²) in [7, 11) is 0. The van der Waals surface area contributed by atoms with Gasteiger partial charge in [-0.25, -0.2) is 0 Å². The van der Waals surface area contributed by atoms with Crippen LogP contribution in [0.1, 0.15) is 0 Å². The fourth-order valence-corrected chi connectivity index (χ4v) is 1.28. The maximum absolute atomic E-state index is 10.2. The summed E-state index contributed by atoms with van der Waals surface area (Å²) < 4.78 is 0. The molecule has 0 atom stereocenters. The van der Waals surface area contributed by atoms with Crippen LogP contribution >= 0.6 is 23.2 Å². The van der Waals surface area contributed by atoms with Gasteiger partial charge in [0.2, 0.25) is 0 Å². The minimum atomic E-state index is -0.939. The van der Waals surface area contributed by atoms with Crippen LogP contribution in [0.25, 0.3) is 0 Å². The Kier molecular flexibility index (Phi) is 3.39. The van der Waals surface area contributed by atoms with Crippen molar-refractivity contribution in [2.75, 3.05) is 11.9 Å². The van der Waals surface area contributed by atoms with E-state index in [0.717, 1.165) is 0 Å². The summed E-state index contributed by atoms with van der Waals surface area (Å²) in [6.07, 6.45) is 0. The van der Waals surface area contributed by atoms with Crippen LogP contribution in [-0.2, 0) is 4.79 Å². The maximum Gasteiger partial charge on any atom is 0.322 e. The smallest absolute Gasteiger partial charge is 0.322 e. The lowest BCUT2D eigenvalue weighted by Crippen LogP contribution is -2.12. The van der Waals surface area contributed by atoms with Gasteiger partial charge in [-0.2, -0.15) is 0 Å². The molecule has 0 aromatic heterocycles. The molecule has 0 spiro atoms. The van der Waals surface area contributed by atoms with E-state index in [9.17, 15) is 4.79 Å². The molecular formula is C8H7Cl2NO2. The van der Waals surface area contributed by atoms with Crippen molar-refractivity contribution in [2.45, 2.75) is 0 Å². The summed E-state index contributed by atoms with van der Waals surface area (Å²) in [5, 5.41) is 12.0. The molecule has 0 aliphatic heterocycles. The molecule has 0 heterocycles. The lowest BCUT2D eigenvalue weighted by atomic mass is 10.3. The monoisotopic (exact) mass is 219 g/mol. The molecule has 0 saturated carbocycles. The third-order valence-corrected chi connectivity index (χ3v) is 1.91. The number of hydrogen-bond donors (Lipinski definition) is 2. The van der Waals surface area contributed by atoms with E-state index in [1.807, 2.05) is 0 Å². The molecule has 1 aromatic carbocycles. The second-order valence-corrected chi connectivity index (χ2v) is 3.22. The Morgan fingerprint density at radius 2 is 2.15 bits per heavy atom. The molecule has 0 radical (unpaired) electrons. The molecule has 1 rings (SSSR count). The van der Waals surface area contributed by atoms with Crippen LogP contribution in [0.5, 0.6) is 0 Å². The van der Waals surface area contributed by atoms with E-state index in [2.05, 4.69) is 5.32 Å². The molecule has 0 aliphatic rings. The fourth-order valence-electron chi connectivity index (χ4n) is 0.804. The van der Waals surface area contributed by atoms with Crippen LogP contribution in [-0.4, -0.2) is 17.6 Å². The van der Waals surface area contributed by atoms with Gasteiger partial charge in [-0.05, 0) is 18.2 Å². The normalized spacial score (nSPS) is 9.69. The number of aliphatic carboxylic acids is 1. The highest BCUT2D eigenvalue weighted by atomic mass is 35.5. The summed E-state index contributed by atoms with van der Waals surface area (Å²) in [4.78, 5) is 10.2. The van der Waals surface area contributed by atoms with Crippen molar-refractivity contribution < 1.29 is 9.90 Å². The number of carbonyl (C=O) groups is 1. The van der Waals surface area contributed by atoms with Crippen molar-refractivity contribution in [3.05, 3.63) is 28.2 Å². The molecular weight excluding hydrogens is 213 g/mol. The largest absolute Gasteiger partial charge is 0.480 e. The van der Waals surface area contributed by atoms with Gasteiger partial charge in [-0.15, -0.1) is 0 Å². The van der Waals surface area contributed by atoms with Crippen LogP contribution in [0.2, 0.25) is 10.0 Å². The zero-order chi connectivity index (χ0) is 9.84. The maximum atomic E-state index is 10.2. The summed E-state index contributed by atoms with van der Waals surface area (Å²) in [5.41, 5.74) is 0.563. The quantitative estimate of drug-likeness (QED) is 0.822. The predicted octanol–water partition coefficient (Wildman–Crippen LogP) is 2.49. The molecule has 70 valence electrons. The lowest BCUT2D eigenvalue weighted by Gasteiger charge is -2.05. The molecule has 0 amide bonds. The lowest BCUT2D eigenvalue weighted by molar-refractivity contribution is -0.134. The van der Waals surface area contributed by atoms with E-state index in [-0.39, 0.29) is 6.54 Å². The second-order valence-electron chi connectivity index (χ2n) is 2.37. The second kappa shape index (κ2) is 4.35. The Morgan fingerprint density at radius 3 is 2.69 bits per heavy atom. The molecule has 1 aromatic rings. The van der Waals surface area contributed by atoms with Crippen molar-refractivity contribution >= 4 is 34.9 Å². The first-order valence-corrected chi connectivity index (χ1v) is 4.26. The standard InChI is InChI=1S/C8H7Cl2NO2/c9-5-1-2-7(6(10)3-5)11-4-8(12)13/h1-3,11H,4H2,(H,12,13). The third kappa shape index (κ3) is 3.13. The van der Waals surface area contributed by atoms with Gasteiger partial charge in [0, 0.05) is 5.02 Å². The van der Waals surface area contributed by atoms with Crippen molar-refractivity contribution in [1.29, 1.82) is 0 Å². The molecule has 3 nitrogen and oxygen atoms in total. The van der Waals surface area contributed by atoms with Crippen molar-refractivity contribution in [1.82, 2.24) is 0 Å². The number of carboxylic acids is 1. The first-order valence-electron chi connectivity index (χ1n) is 3.50. The number of carboxylic acid groups (broad SMARTS) is 1. The van der Waals surface area contributed by atoms with E-state index in [1.165, 1.54) is 0 Å². The Balaban J connectivity index is 2.72. The topological polar surface area (TPSA) is 49.3 Å². The van der Waals surface area contributed by atoms with E-state index in [1.54, 1.807) is 18.2 Å². The van der Waals surface area contributed by atoms with Crippen LogP contribution in [0.4, 0.5) is 5.69 Å². The first-order chi connectivity index (χ1) is 6.09. The van der Waals surface area contributed by atoms with E-state index < -0.39 is 5.97 Å². The molecule has 0 fully saturated rings. The van der Waals surface area contributed by atoms with Gasteiger partial charge in [0.05, 0.1) is 10.7 Å². The molecule has 0 bridgehead atoms. The van der Waals surface area contributed by atoms with E-state index in [0.29, 0.717) is 15.7 Å². The van der Waals surface area contributed by atoms with Gasteiger partial charge in [-0.1, -0.05) is 23.2 Å². The Bertz CT molecular complexity index is 328. The van der Waals surface area contributed by atoms with Crippen LogP contribution in [0, 0.1) is 0 Å². The minimum Gasteiger partial charge on any atom is -0.480 e. The van der Waals surface area contributed by atoms with Gasteiger partial charge in [0.15, 0.2) is 0 Å². The average molecular weight is 220 g/mol. The zero-order valence-corrected chi connectivity index (χ0v) is 8.06.